The lowest BCUT2D eigenvalue weighted by Gasteiger charge is -2.29. The van der Waals surface area contributed by atoms with E-state index < -0.39 is 15.4 Å². The predicted molar refractivity (Wildman–Crippen MR) is 73.8 cm³/mol. The summed E-state index contributed by atoms with van der Waals surface area (Å²) in [6.45, 7) is 3.79. The molecule has 0 aliphatic carbocycles. The average molecular weight is 292 g/mol. The first kappa shape index (κ1) is 16.4. The maximum Gasteiger partial charge on any atom is 0.325 e. The SMILES string of the molecule is CNC(C)(CCN1CCCS(=O)(=O)CC1)C(=O)OC. The molecule has 0 bridgehead atoms. The third kappa shape index (κ3) is 4.74. The monoisotopic (exact) mass is 292 g/mol. The van der Waals surface area contributed by atoms with Crippen molar-refractivity contribution in [3.63, 3.8) is 0 Å². The Morgan fingerprint density at radius 1 is 1.37 bits per heavy atom. The van der Waals surface area contributed by atoms with Gasteiger partial charge in [-0.2, -0.15) is 0 Å². The lowest BCUT2D eigenvalue weighted by molar-refractivity contribution is -0.148. The number of methoxy groups -OCH3 is 1. The maximum absolute atomic E-state index is 11.7. The van der Waals surface area contributed by atoms with E-state index in [0.29, 0.717) is 25.9 Å². The van der Waals surface area contributed by atoms with Gasteiger partial charge >= 0.3 is 5.97 Å². The van der Waals surface area contributed by atoms with E-state index in [4.69, 9.17) is 4.74 Å². The second-order valence-electron chi connectivity index (χ2n) is 5.17. The van der Waals surface area contributed by atoms with E-state index in [1.165, 1.54) is 7.11 Å². The Hall–Kier alpha value is -0.660. The fourth-order valence-electron chi connectivity index (χ4n) is 2.15. The van der Waals surface area contributed by atoms with E-state index in [9.17, 15) is 13.2 Å². The first-order valence-electron chi connectivity index (χ1n) is 6.53. The van der Waals surface area contributed by atoms with Gasteiger partial charge in [0.25, 0.3) is 0 Å². The molecule has 1 atom stereocenters. The van der Waals surface area contributed by atoms with Gasteiger partial charge in [-0.15, -0.1) is 0 Å². The summed E-state index contributed by atoms with van der Waals surface area (Å²) in [5, 5.41) is 2.98. The third-order valence-corrected chi connectivity index (χ3v) is 5.48. The number of carbonyl (C=O) groups is 1. The molecule has 0 aromatic rings. The molecule has 1 unspecified atom stereocenters. The van der Waals surface area contributed by atoms with Crippen molar-refractivity contribution in [2.75, 3.05) is 45.3 Å². The van der Waals surface area contributed by atoms with Crippen molar-refractivity contribution < 1.29 is 17.9 Å². The molecule has 1 aliphatic heterocycles. The maximum atomic E-state index is 11.7. The van der Waals surface area contributed by atoms with Gasteiger partial charge in [-0.05, 0) is 33.4 Å². The van der Waals surface area contributed by atoms with Crippen LogP contribution in [-0.2, 0) is 19.4 Å². The second-order valence-corrected chi connectivity index (χ2v) is 7.47. The fourth-order valence-corrected chi connectivity index (χ4v) is 3.46. The Morgan fingerprint density at radius 3 is 2.63 bits per heavy atom. The molecule has 0 radical (unpaired) electrons. The normalized spacial score (nSPS) is 23.3. The van der Waals surface area contributed by atoms with Crippen LogP contribution in [0.25, 0.3) is 0 Å². The van der Waals surface area contributed by atoms with Crippen LogP contribution in [0.3, 0.4) is 0 Å². The Kier molecular flexibility index (Phi) is 5.76. The van der Waals surface area contributed by atoms with Crippen LogP contribution in [0, 0.1) is 0 Å². The fraction of sp³-hybridized carbons (Fsp3) is 0.917. The minimum atomic E-state index is -2.88. The highest BCUT2D eigenvalue weighted by Crippen LogP contribution is 2.14. The summed E-state index contributed by atoms with van der Waals surface area (Å²) in [4.78, 5) is 13.8. The average Bonchev–Trinajstić information content (AvgIpc) is 2.56. The molecular formula is C12H24N2O4S. The van der Waals surface area contributed by atoms with Gasteiger partial charge in [0, 0.05) is 13.1 Å². The van der Waals surface area contributed by atoms with Crippen LogP contribution < -0.4 is 5.32 Å². The Morgan fingerprint density at radius 2 is 2.05 bits per heavy atom. The van der Waals surface area contributed by atoms with E-state index in [2.05, 4.69) is 10.2 Å². The van der Waals surface area contributed by atoms with E-state index in [-0.39, 0.29) is 17.5 Å². The molecule has 0 aromatic heterocycles. The van der Waals surface area contributed by atoms with Crippen molar-refractivity contribution in [3.05, 3.63) is 0 Å². The summed E-state index contributed by atoms with van der Waals surface area (Å²) >= 11 is 0. The molecule has 1 saturated heterocycles. The molecular weight excluding hydrogens is 268 g/mol. The molecule has 1 N–H and O–H groups in total. The van der Waals surface area contributed by atoms with Crippen LogP contribution in [-0.4, -0.2) is 70.1 Å². The van der Waals surface area contributed by atoms with Crippen molar-refractivity contribution in [2.24, 2.45) is 0 Å². The zero-order chi connectivity index (χ0) is 14.5. The Bertz CT molecular complexity index is 410. The number of hydrogen-bond donors (Lipinski definition) is 1. The number of esters is 1. The van der Waals surface area contributed by atoms with Gasteiger partial charge in [-0.1, -0.05) is 0 Å². The van der Waals surface area contributed by atoms with Gasteiger partial charge in [0.2, 0.25) is 0 Å². The molecule has 1 aliphatic rings. The molecule has 19 heavy (non-hydrogen) atoms. The molecule has 7 heteroatoms. The summed E-state index contributed by atoms with van der Waals surface area (Å²) < 4.78 is 27.8. The third-order valence-electron chi connectivity index (χ3n) is 3.76. The number of hydrogen-bond acceptors (Lipinski definition) is 6. The molecule has 0 spiro atoms. The van der Waals surface area contributed by atoms with Gasteiger partial charge < -0.3 is 15.0 Å². The zero-order valence-corrected chi connectivity index (χ0v) is 12.8. The zero-order valence-electron chi connectivity index (χ0n) is 11.9. The van der Waals surface area contributed by atoms with Gasteiger partial charge in [-0.3, -0.25) is 4.79 Å². The minimum absolute atomic E-state index is 0.210. The van der Waals surface area contributed by atoms with Gasteiger partial charge in [0.15, 0.2) is 9.84 Å². The molecule has 0 amide bonds. The first-order chi connectivity index (χ1) is 8.83. The van der Waals surface area contributed by atoms with Gasteiger partial charge in [0.1, 0.15) is 5.54 Å². The van der Waals surface area contributed by atoms with E-state index in [1.54, 1.807) is 14.0 Å². The van der Waals surface area contributed by atoms with Crippen molar-refractivity contribution >= 4 is 15.8 Å². The van der Waals surface area contributed by atoms with Gasteiger partial charge in [-0.25, -0.2) is 8.42 Å². The number of carbonyl (C=O) groups excluding carboxylic acids is 1. The number of nitrogens with one attached hydrogen (secondary N) is 1. The molecule has 112 valence electrons. The topological polar surface area (TPSA) is 75.7 Å². The second kappa shape index (κ2) is 6.67. The number of likely N-dealkylation sites (N-methyl/N-ethyl adjacent to an activating group) is 1. The summed E-state index contributed by atoms with van der Waals surface area (Å²) in [6, 6.07) is 0. The number of rotatable bonds is 5. The quantitative estimate of drug-likeness (QED) is 0.698. The van der Waals surface area contributed by atoms with Crippen LogP contribution in [0.4, 0.5) is 0 Å². The molecule has 0 aromatic carbocycles. The van der Waals surface area contributed by atoms with Crippen molar-refractivity contribution in [1.29, 1.82) is 0 Å². The van der Waals surface area contributed by atoms with Crippen LogP contribution in [0.1, 0.15) is 19.8 Å². The lowest BCUT2D eigenvalue weighted by atomic mass is 9.98. The van der Waals surface area contributed by atoms with E-state index in [1.807, 2.05) is 0 Å². The van der Waals surface area contributed by atoms with E-state index in [0.717, 1.165) is 6.54 Å². The molecule has 0 saturated carbocycles. The number of nitrogens with zero attached hydrogens (tertiary/aromatic N) is 1. The highest BCUT2D eigenvalue weighted by molar-refractivity contribution is 7.91. The van der Waals surface area contributed by atoms with Crippen LogP contribution in [0.15, 0.2) is 0 Å². The summed E-state index contributed by atoms with van der Waals surface area (Å²) in [6.07, 6.45) is 1.26. The number of sulfone groups is 1. The largest absolute Gasteiger partial charge is 0.468 e. The summed E-state index contributed by atoms with van der Waals surface area (Å²) in [7, 11) is 0.216. The van der Waals surface area contributed by atoms with Crippen LogP contribution in [0.5, 0.6) is 0 Å². The molecule has 1 heterocycles. The van der Waals surface area contributed by atoms with E-state index >= 15 is 0 Å². The predicted octanol–water partition coefficient (Wildman–Crippen LogP) is -0.352. The lowest BCUT2D eigenvalue weighted by Crippen LogP contribution is -2.50. The smallest absolute Gasteiger partial charge is 0.325 e. The Labute approximate surface area is 115 Å². The highest BCUT2D eigenvalue weighted by Gasteiger charge is 2.33. The molecule has 6 nitrogen and oxygen atoms in total. The van der Waals surface area contributed by atoms with Crippen molar-refractivity contribution in [2.45, 2.75) is 25.3 Å². The van der Waals surface area contributed by atoms with Crippen LogP contribution in [0.2, 0.25) is 0 Å². The van der Waals surface area contributed by atoms with Crippen molar-refractivity contribution in [1.82, 2.24) is 10.2 Å². The minimum Gasteiger partial charge on any atom is -0.468 e. The molecule has 1 fully saturated rings. The standard InChI is InChI=1S/C12H24N2O4S/c1-12(13-2,11(15)18-3)5-7-14-6-4-9-19(16,17)10-8-14/h13H,4-10H2,1-3H3. The Balaban J connectivity index is 2.54. The summed E-state index contributed by atoms with van der Waals surface area (Å²) in [5.41, 5.74) is -0.722. The number of ether oxygens (including phenoxy) is 1. The molecule has 1 rings (SSSR count). The highest BCUT2D eigenvalue weighted by atomic mass is 32.2. The van der Waals surface area contributed by atoms with Crippen LogP contribution >= 0.6 is 0 Å². The summed E-state index contributed by atoms with van der Waals surface area (Å²) in [5.74, 6) is 0.183. The first-order valence-corrected chi connectivity index (χ1v) is 8.35. The van der Waals surface area contributed by atoms with Gasteiger partial charge in [0.05, 0.1) is 18.6 Å². The van der Waals surface area contributed by atoms with Crippen molar-refractivity contribution in [3.8, 4) is 0 Å².